The Labute approximate surface area is 125 Å². The van der Waals surface area contributed by atoms with Crippen LogP contribution in [0.2, 0.25) is 0 Å². The third kappa shape index (κ3) is 3.73. The summed E-state index contributed by atoms with van der Waals surface area (Å²) in [6.45, 7) is 7.14. The second kappa shape index (κ2) is 7.29. The average molecular weight is 287 g/mol. The molecule has 1 aromatic carbocycles. The molecule has 3 nitrogen and oxygen atoms in total. The Morgan fingerprint density at radius 1 is 1.10 bits per heavy atom. The Balaban J connectivity index is 2.19. The first-order chi connectivity index (χ1) is 9.74. The van der Waals surface area contributed by atoms with E-state index in [9.17, 15) is 0 Å². The van der Waals surface area contributed by atoms with Crippen molar-refractivity contribution in [3.05, 3.63) is 47.3 Å². The molecule has 0 saturated carbocycles. The third-order valence-corrected chi connectivity index (χ3v) is 4.17. The molecule has 0 atom stereocenters. The zero-order chi connectivity index (χ0) is 14.4. The van der Waals surface area contributed by atoms with Crippen molar-refractivity contribution in [2.75, 3.05) is 11.9 Å². The highest BCUT2D eigenvalue weighted by Crippen LogP contribution is 2.27. The smallest absolute Gasteiger partial charge is 0.133 e. The van der Waals surface area contributed by atoms with E-state index in [0.29, 0.717) is 0 Å². The molecule has 0 aliphatic heterocycles. The molecule has 1 aromatic heterocycles. The molecule has 0 spiro atoms. The van der Waals surface area contributed by atoms with Gasteiger partial charge >= 0.3 is 0 Å². The van der Waals surface area contributed by atoms with Gasteiger partial charge in [-0.2, -0.15) is 0 Å². The molecule has 1 N–H and O–H groups in total. The fourth-order valence-corrected chi connectivity index (χ4v) is 2.88. The molecule has 2 aromatic rings. The average Bonchev–Trinajstić information content (AvgIpc) is 2.49. The van der Waals surface area contributed by atoms with Crippen LogP contribution in [0.3, 0.4) is 0 Å². The fraction of sp³-hybridized carbons (Fsp3) is 0.375. The fourth-order valence-electron chi connectivity index (χ4n) is 1.90. The van der Waals surface area contributed by atoms with Crippen LogP contribution in [0.5, 0.6) is 0 Å². The van der Waals surface area contributed by atoms with Crippen LogP contribution in [-0.2, 0) is 12.2 Å². The zero-order valence-electron chi connectivity index (χ0n) is 12.3. The first kappa shape index (κ1) is 14.9. The van der Waals surface area contributed by atoms with Gasteiger partial charge in [0.15, 0.2) is 0 Å². The van der Waals surface area contributed by atoms with E-state index in [4.69, 9.17) is 0 Å². The van der Waals surface area contributed by atoms with E-state index >= 15 is 0 Å². The van der Waals surface area contributed by atoms with Crippen LogP contribution in [0, 0.1) is 6.92 Å². The van der Waals surface area contributed by atoms with Crippen LogP contribution < -0.4 is 5.32 Å². The summed E-state index contributed by atoms with van der Waals surface area (Å²) in [5, 5.41) is 4.40. The number of rotatable bonds is 6. The van der Waals surface area contributed by atoms with Gasteiger partial charge in [0.1, 0.15) is 16.7 Å². The molecule has 0 saturated heterocycles. The summed E-state index contributed by atoms with van der Waals surface area (Å²) < 4.78 is 0. The van der Waals surface area contributed by atoms with Gasteiger partial charge in [0.05, 0.1) is 0 Å². The number of anilines is 1. The van der Waals surface area contributed by atoms with Gasteiger partial charge in [0.2, 0.25) is 0 Å². The van der Waals surface area contributed by atoms with Crippen LogP contribution in [0.1, 0.15) is 30.8 Å². The van der Waals surface area contributed by atoms with Crippen molar-refractivity contribution in [2.45, 2.75) is 38.0 Å². The second-order valence-electron chi connectivity index (χ2n) is 4.58. The van der Waals surface area contributed by atoms with E-state index in [1.807, 2.05) is 6.07 Å². The molecule has 106 valence electrons. The van der Waals surface area contributed by atoms with Gasteiger partial charge in [-0.1, -0.05) is 37.3 Å². The predicted octanol–water partition coefficient (Wildman–Crippen LogP) is 4.07. The van der Waals surface area contributed by atoms with Crippen LogP contribution in [0.15, 0.2) is 35.4 Å². The maximum Gasteiger partial charge on any atom is 0.133 e. The molecule has 0 aliphatic carbocycles. The number of hydrogen-bond donors (Lipinski definition) is 1. The van der Waals surface area contributed by atoms with Crippen molar-refractivity contribution in [3.63, 3.8) is 0 Å². The summed E-state index contributed by atoms with van der Waals surface area (Å²) in [5.41, 5.74) is 2.46. The minimum Gasteiger partial charge on any atom is -0.370 e. The Hall–Kier alpha value is -1.55. The molecule has 0 aliphatic rings. The Morgan fingerprint density at radius 3 is 2.50 bits per heavy atom. The van der Waals surface area contributed by atoms with Gasteiger partial charge in [0.25, 0.3) is 0 Å². The van der Waals surface area contributed by atoms with E-state index in [-0.39, 0.29) is 0 Å². The van der Waals surface area contributed by atoms with Gasteiger partial charge in [-0.15, -0.1) is 11.8 Å². The Morgan fingerprint density at radius 2 is 1.85 bits per heavy atom. The van der Waals surface area contributed by atoms with E-state index in [0.717, 1.165) is 41.0 Å². The molecule has 0 unspecified atom stereocenters. The lowest BCUT2D eigenvalue weighted by atomic mass is 10.2. The number of benzene rings is 1. The minimum atomic E-state index is 0.859. The number of hydrogen-bond acceptors (Lipinski definition) is 4. The lowest BCUT2D eigenvalue weighted by Gasteiger charge is -2.12. The van der Waals surface area contributed by atoms with Gasteiger partial charge in [-0.3, -0.25) is 0 Å². The normalized spacial score (nSPS) is 10.6. The molecule has 0 fully saturated rings. The first-order valence-corrected chi connectivity index (χ1v) is 8.01. The lowest BCUT2D eigenvalue weighted by Crippen LogP contribution is -2.07. The van der Waals surface area contributed by atoms with Crippen molar-refractivity contribution in [2.24, 2.45) is 0 Å². The van der Waals surface area contributed by atoms with E-state index in [2.05, 4.69) is 60.3 Å². The number of aryl methyl sites for hydroxylation is 1. The third-order valence-electron chi connectivity index (χ3n) is 3.03. The summed E-state index contributed by atoms with van der Waals surface area (Å²) in [6, 6.07) is 10.5. The second-order valence-corrected chi connectivity index (χ2v) is 5.54. The molecule has 1 heterocycles. The summed E-state index contributed by atoms with van der Waals surface area (Å²) in [4.78, 5) is 9.22. The highest BCUT2D eigenvalue weighted by molar-refractivity contribution is 7.98. The summed E-state index contributed by atoms with van der Waals surface area (Å²) in [7, 11) is 0. The van der Waals surface area contributed by atoms with Gasteiger partial charge in [-0.05, 0) is 19.4 Å². The highest BCUT2D eigenvalue weighted by atomic mass is 32.2. The minimum absolute atomic E-state index is 0.859. The maximum absolute atomic E-state index is 4.66. The van der Waals surface area contributed by atoms with Crippen molar-refractivity contribution < 1.29 is 0 Å². The summed E-state index contributed by atoms with van der Waals surface area (Å²) in [5.74, 6) is 2.81. The van der Waals surface area contributed by atoms with Gasteiger partial charge < -0.3 is 5.32 Å². The molecule has 2 rings (SSSR count). The Kier molecular flexibility index (Phi) is 5.41. The van der Waals surface area contributed by atoms with Crippen LogP contribution in [0.4, 0.5) is 5.82 Å². The van der Waals surface area contributed by atoms with Crippen molar-refractivity contribution >= 4 is 17.6 Å². The van der Waals surface area contributed by atoms with E-state index in [1.54, 1.807) is 11.8 Å². The van der Waals surface area contributed by atoms with E-state index in [1.165, 1.54) is 5.56 Å². The van der Waals surface area contributed by atoms with E-state index < -0.39 is 0 Å². The molecule has 0 bridgehead atoms. The molecule has 4 heteroatoms. The molecular formula is C16H21N3S. The monoisotopic (exact) mass is 287 g/mol. The van der Waals surface area contributed by atoms with Crippen molar-refractivity contribution in [3.8, 4) is 0 Å². The lowest BCUT2D eigenvalue weighted by molar-refractivity contribution is 0.870. The number of nitrogens with zero attached hydrogens (tertiary/aromatic N) is 2. The van der Waals surface area contributed by atoms with Crippen molar-refractivity contribution in [1.82, 2.24) is 9.97 Å². The quantitative estimate of drug-likeness (QED) is 0.642. The zero-order valence-corrected chi connectivity index (χ0v) is 13.1. The summed E-state index contributed by atoms with van der Waals surface area (Å²) in [6.07, 6.45) is 0.859. The number of nitrogens with one attached hydrogen (secondary N) is 1. The first-order valence-electron chi connectivity index (χ1n) is 7.02. The van der Waals surface area contributed by atoms with Crippen LogP contribution >= 0.6 is 11.8 Å². The number of thioether (sulfide) groups is 1. The van der Waals surface area contributed by atoms with Gasteiger partial charge in [-0.25, -0.2) is 9.97 Å². The number of aromatic nitrogens is 2. The highest BCUT2D eigenvalue weighted by Gasteiger charge is 2.10. The molecule has 20 heavy (non-hydrogen) atoms. The molecular weight excluding hydrogens is 266 g/mol. The predicted molar refractivity (Wildman–Crippen MR) is 86.3 cm³/mol. The molecule has 0 amide bonds. The van der Waals surface area contributed by atoms with Crippen LogP contribution in [-0.4, -0.2) is 16.5 Å². The Bertz CT molecular complexity index is 555. The molecule has 0 radical (unpaired) electrons. The largest absolute Gasteiger partial charge is 0.370 e. The summed E-state index contributed by atoms with van der Waals surface area (Å²) >= 11 is 1.78. The SMILES string of the molecule is CCNc1nc(CC)nc(SCc2ccccc2)c1C. The topological polar surface area (TPSA) is 37.8 Å². The van der Waals surface area contributed by atoms with Gasteiger partial charge in [0, 0.05) is 24.3 Å². The van der Waals surface area contributed by atoms with Crippen LogP contribution in [0.25, 0.3) is 0 Å². The van der Waals surface area contributed by atoms with Crippen molar-refractivity contribution in [1.29, 1.82) is 0 Å². The maximum atomic E-state index is 4.66. The standard InChI is InChI=1S/C16H21N3S/c1-4-14-18-15(17-5-2)12(3)16(19-14)20-11-13-9-7-6-8-10-13/h6-10H,4-5,11H2,1-3H3,(H,17,18,19).